The highest BCUT2D eigenvalue weighted by Gasteiger charge is 2.38. The highest BCUT2D eigenvalue weighted by molar-refractivity contribution is 7.07. The standard InChI is InChI=1S/C18H20N2O6S/c1-24-15-6-12(2-3-14(15)26-8-13-9-27-11-19-13)17(23)20-18(7-16(21)22)4-5-25-10-18/h2-3,6,9,11H,4-5,7-8,10H2,1H3,(H,20,23)(H,21,22). The van der Waals surface area contributed by atoms with Crippen molar-refractivity contribution in [2.45, 2.75) is 25.0 Å². The molecule has 1 aliphatic heterocycles. The maximum Gasteiger partial charge on any atom is 0.305 e. The molecule has 0 saturated carbocycles. The van der Waals surface area contributed by atoms with Gasteiger partial charge in [-0.1, -0.05) is 0 Å². The molecule has 27 heavy (non-hydrogen) atoms. The molecule has 2 N–H and O–H groups in total. The summed E-state index contributed by atoms with van der Waals surface area (Å²) in [6.45, 7) is 0.891. The molecule has 3 rings (SSSR count). The van der Waals surface area contributed by atoms with Crippen LogP contribution in [0.15, 0.2) is 29.1 Å². The number of carbonyl (C=O) groups is 2. The van der Waals surface area contributed by atoms with Crippen LogP contribution in [0.4, 0.5) is 0 Å². The summed E-state index contributed by atoms with van der Waals surface area (Å²) in [5.41, 5.74) is 1.99. The van der Waals surface area contributed by atoms with E-state index in [0.717, 1.165) is 5.69 Å². The maximum atomic E-state index is 12.6. The van der Waals surface area contributed by atoms with Gasteiger partial charge in [-0.3, -0.25) is 9.59 Å². The molecule has 144 valence electrons. The Hall–Kier alpha value is -2.65. The molecular formula is C18H20N2O6S. The Labute approximate surface area is 160 Å². The highest BCUT2D eigenvalue weighted by Crippen LogP contribution is 2.30. The van der Waals surface area contributed by atoms with Gasteiger partial charge in [-0.2, -0.15) is 0 Å². The topological polar surface area (TPSA) is 107 Å². The first-order valence-corrected chi connectivity index (χ1v) is 9.25. The van der Waals surface area contributed by atoms with E-state index in [1.807, 2.05) is 5.38 Å². The van der Waals surface area contributed by atoms with Crippen LogP contribution in [0.1, 0.15) is 28.9 Å². The average molecular weight is 392 g/mol. The van der Waals surface area contributed by atoms with Gasteiger partial charge < -0.3 is 24.6 Å². The van der Waals surface area contributed by atoms with E-state index in [2.05, 4.69) is 10.3 Å². The molecule has 1 aromatic heterocycles. The summed E-state index contributed by atoms with van der Waals surface area (Å²) in [6.07, 6.45) is 0.266. The fourth-order valence-corrected chi connectivity index (χ4v) is 3.42. The van der Waals surface area contributed by atoms with Crippen molar-refractivity contribution in [3.63, 3.8) is 0 Å². The second kappa shape index (κ2) is 8.36. The number of aromatic nitrogens is 1. The molecule has 1 saturated heterocycles. The molecule has 9 heteroatoms. The number of rotatable bonds is 8. The van der Waals surface area contributed by atoms with Gasteiger partial charge in [0.2, 0.25) is 0 Å². The first-order chi connectivity index (χ1) is 13.0. The fraction of sp³-hybridized carbons (Fsp3) is 0.389. The Morgan fingerprint density at radius 2 is 2.26 bits per heavy atom. The molecule has 2 aromatic rings. The zero-order chi connectivity index (χ0) is 19.3. The lowest BCUT2D eigenvalue weighted by Crippen LogP contribution is -2.50. The van der Waals surface area contributed by atoms with Crippen molar-refractivity contribution >= 4 is 23.2 Å². The fourth-order valence-electron chi connectivity index (χ4n) is 2.88. The number of hydrogen-bond donors (Lipinski definition) is 2. The van der Waals surface area contributed by atoms with Crippen LogP contribution in [-0.4, -0.2) is 47.8 Å². The number of benzene rings is 1. The normalized spacial score (nSPS) is 18.9. The SMILES string of the molecule is COc1cc(C(=O)NC2(CC(=O)O)CCOC2)ccc1OCc1cscn1. The minimum Gasteiger partial charge on any atom is -0.493 e. The van der Waals surface area contributed by atoms with Crippen LogP contribution < -0.4 is 14.8 Å². The number of carboxylic acids is 1. The van der Waals surface area contributed by atoms with Gasteiger partial charge in [0, 0.05) is 17.6 Å². The number of methoxy groups -OCH3 is 1. The summed E-state index contributed by atoms with van der Waals surface area (Å²) in [5, 5.41) is 13.8. The predicted octanol–water partition coefficient (Wildman–Crippen LogP) is 2.09. The largest absolute Gasteiger partial charge is 0.493 e. The molecule has 1 amide bonds. The van der Waals surface area contributed by atoms with Crippen molar-refractivity contribution in [2.24, 2.45) is 0 Å². The molecule has 1 fully saturated rings. The second-order valence-electron chi connectivity index (χ2n) is 6.24. The number of carboxylic acid groups (broad SMARTS) is 1. The van der Waals surface area contributed by atoms with Gasteiger partial charge in [0.15, 0.2) is 11.5 Å². The number of thiazole rings is 1. The third-order valence-corrected chi connectivity index (χ3v) is 4.89. The first kappa shape index (κ1) is 19.1. The van der Waals surface area contributed by atoms with E-state index in [4.69, 9.17) is 19.3 Å². The van der Waals surface area contributed by atoms with Crippen LogP contribution in [0.2, 0.25) is 0 Å². The zero-order valence-corrected chi connectivity index (χ0v) is 15.6. The Morgan fingerprint density at radius 3 is 2.89 bits per heavy atom. The lowest BCUT2D eigenvalue weighted by atomic mass is 9.93. The molecular weight excluding hydrogens is 372 g/mol. The highest BCUT2D eigenvalue weighted by atomic mass is 32.1. The molecule has 0 radical (unpaired) electrons. The minimum absolute atomic E-state index is 0.178. The molecule has 0 spiro atoms. The van der Waals surface area contributed by atoms with Crippen LogP contribution in [0.25, 0.3) is 0 Å². The summed E-state index contributed by atoms with van der Waals surface area (Å²) >= 11 is 1.48. The zero-order valence-electron chi connectivity index (χ0n) is 14.8. The van der Waals surface area contributed by atoms with Crippen molar-refractivity contribution in [3.05, 3.63) is 40.3 Å². The van der Waals surface area contributed by atoms with E-state index in [1.54, 1.807) is 23.7 Å². The summed E-state index contributed by atoms with van der Waals surface area (Å²) in [7, 11) is 1.49. The van der Waals surface area contributed by atoms with E-state index < -0.39 is 11.5 Å². The lowest BCUT2D eigenvalue weighted by Gasteiger charge is -2.27. The molecule has 1 unspecified atom stereocenters. The van der Waals surface area contributed by atoms with Gasteiger partial charge in [-0.25, -0.2) is 4.98 Å². The maximum absolute atomic E-state index is 12.6. The Balaban J connectivity index is 1.71. The van der Waals surface area contributed by atoms with Crippen molar-refractivity contribution < 1.29 is 28.9 Å². The predicted molar refractivity (Wildman–Crippen MR) is 97.3 cm³/mol. The lowest BCUT2D eigenvalue weighted by molar-refractivity contribution is -0.138. The van der Waals surface area contributed by atoms with Gasteiger partial charge in [0.25, 0.3) is 5.91 Å². The van der Waals surface area contributed by atoms with Crippen LogP contribution in [0, 0.1) is 0 Å². The van der Waals surface area contributed by atoms with Gasteiger partial charge in [0.05, 0.1) is 36.9 Å². The first-order valence-electron chi connectivity index (χ1n) is 8.31. The monoisotopic (exact) mass is 392 g/mol. The van der Waals surface area contributed by atoms with E-state index in [0.29, 0.717) is 36.7 Å². The van der Waals surface area contributed by atoms with Crippen molar-refractivity contribution in [1.82, 2.24) is 10.3 Å². The molecule has 1 aliphatic rings. The van der Waals surface area contributed by atoms with Crippen molar-refractivity contribution in [3.8, 4) is 11.5 Å². The van der Waals surface area contributed by atoms with Crippen LogP contribution in [0.5, 0.6) is 11.5 Å². The van der Waals surface area contributed by atoms with E-state index >= 15 is 0 Å². The van der Waals surface area contributed by atoms with Gasteiger partial charge >= 0.3 is 5.97 Å². The average Bonchev–Trinajstić information content (AvgIpc) is 3.31. The number of nitrogens with zero attached hydrogens (tertiary/aromatic N) is 1. The Kier molecular flexibility index (Phi) is 5.92. The molecule has 0 aliphatic carbocycles. The number of amides is 1. The molecule has 1 atom stereocenters. The summed E-state index contributed by atoms with van der Waals surface area (Å²) < 4.78 is 16.3. The smallest absolute Gasteiger partial charge is 0.305 e. The van der Waals surface area contributed by atoms with Gasteiger partial charge in [-0.05, 0) is 24.6 Å². The van der Waals surface area contributed by atoms with Crippen LogP contribution >= 0.6 is 11.3 Å². The number of aliphatic carboxylic acids is 1. The number of hydrogen-bond acceptors (Lipinski definition) is 7. The third kappa shape index (κ3) is 4.75. The van der Waals surface area contributed by atoms with Crippen molar-refractivity contribution in [1.29, 1.82) is 0 Å². The Morgan fingerprint density at radius 1 is 1.41 bits per heavy atom. The quantitative estimate of drug-likeness (QED) is 0.708. The minimum atomic E-state index is -0.982. The van der Waals surface area contributed by atoms with Gasteiger partial charge in [-0.15, -0.1) is 11.3 Å². The third-order valence-electron chi connectivity index (χ3n) is 4.26. The molecule has 2 heterocycles. The van der Waals surface area contributed by atoms with Crippen LogP contribution in [-0.2, 0) is 16.1 Å². The number of ether oxygens (including phenoxy) is 3. The summed E-state index contributed by atoms with van der Waals surface area (Å²) in [5.74, 6) is -0.463. The molecule has 0 bridgehead atoms. The molecule has 1 aromatic carbocycles. The van der Waals surface area contributed by atoms with E-state index in [9.17, 15) is 9.59 Å². The van der Waals surface area contributed by atoms with Gasteiger partial charge in [0.1, 0.15) is 6.61 Å². The van der Waals surface area contributed by atoms with Crippen LogP contribution in [0.3, 0.4) is 0 Å². The summed E-state index contributed by atoms with van der Waals surface area (Å²) in [6, 6.07) is 4.82. The number of carbonyl (C=O) groups excluding carboxylic acids is 1. The van der Waals surface area contributed by atoms with E-state index in [1.165, 1.54) is 18.4 Å². The molecule has 8 nitrogen and oxygen atoms in total. The second-order valence-corrected chi connectivity index (χ2v) is 6.96. The summed E-state index contributed by atoms with van der Waals surface area (Å²) in [4.78, 5) is 27.9. The van der Waals surface area contributed by atoms with Crippen molar-refractivity contribution in [2.75, 3.05) is 20.3 Å². The Bertz CT molecular complexity index is 802. The van der Waals surface area contributed by atoms with E-state index in [-0.39, 0.29) is 18.9 Å². The number of nitrogens with one attached hydrogen (secondary N) is 1.